The fraction of sp³-hybridized carbons (Fsp3) is 0.429. The lowest BCUT2D eigenvalue weighted by Crippen LogP contribution is -2.39. The van der Waals surface area contributed by atoms with Gasteiger partial charge in [0.05, 0.1) is 12.1 Å². The zero-order chi connectivity index (χ0) is 13.4. The Morgan fingerprint density at radius 3 is 2.95 bits per heavy atom. The van der Waals surface area contributed by atoms with E-state index in [2.05, 4.69) is 10.3 Å². The van der Waals surface area contributed by atoms with Gasteiger partial charge in [-0.25, -0.2) is 0 Å². The first-order valence-corrected chi connectivity index (χ1v) is 7.01. The topological polar surface area (TPSA) is 74.3 Å². The second-order valence-electron chi connectivity index (χ2n) is 5.19. The summed E-state index contributed by atoms with van der Waals surface area (Å²) in [5, 5.41) is 12.2. The Morgan fingerprint density at radius 1 is 1.37 bits per heavy atom. The zero-order valence-electron chi connectivity index (χ0n) is 10.6. The lowest BCUT2D eigenvalue weighted by atomic mass is 9.92. The molecule has 4 N–H and O–H groups in total. The van der Waals surface area contributed by atoms with Crippen molar-refractivity contribution >= 4 is 28.8 Å². The van der Waals surface area contributed by atoms with Crippen molar-refractivity contribution in [3.05, 3.63) is 28.8 Å². The molecule has 0 amide bonds. The highest BCUT2D eigenvalue weighted by molar-refractivity contribution is 6.48. The number of hydrogen-bond donors (Lipinski definition) is 3. The first kappa shape index (κ1) is 12.5. The summed E-state index contributed by atoms with van der Waals surface area (Å²) in [7, 11) is 0. The molecule has 4 nitrogen and oxygen atoms in total. The first-order chi connectivity index (χ1) is 9.15. The molecule has 0 spiro atoms. The third kappa shape index (κ3) is 2.32. The summed E-state index contributed by atoms with van der Waals surface area (Å²) < 4.78 is 0. The maximum Gasteiger partial charge on any atom is 0.147 e. The summed E-state index contributed by atoms with van der Waals surface area (Å²) in [6, 6.07) is 5.91. The van der Waals surface area contributed by atoms with E-state index in [0.29, 0.717) is 39.9 Å². The minimum atomic E-state index is 0.324. The van der Waals surface area contributed by atoms with Gasteiger partial charge >= 0.3 is 0 Å². The van der Waals surface area contributed by atoms with E-state index in [1.807, 2.05) is 0 Å². The van der Waals surface area contributed by atoms with Crippen LogP contribution in [0.2, 0.25) is 5.02 Å². The monoisotopic (exact) mass is 276 g/mol. The molecule has 1 aromatic rings. The van der Waals surface area contributed by atoms with Gasteiger partial charge in [-0.15, -0.1) is 0 Å². The Bertz CT molecular complexity index is 552. The van der Waals surface area contributed by atoms with Crippen LogP contribution in [0.5, 0.6) is 0 Å². The molecule has 2 aliphatic rings. The van der Waals surface area contributed by atoms with Gasteiger partial charge in [-0.3, -0.25) is 10.4 Å². The fourth-order valence-corrected chi connectivity index (χ4v) is 2.99. The van der Waals surface area contributed by atoms with Gasteiger partial charge in [0, 0.05) is 16.3 Å². The van der Waals surface area contributed by atoms with Crippen LogP contribution in [0, 0.1) is 5.41 Å². The maximum atomic E-state index is 8.28. The molecule has 0 radical (unpaired) electrons. The van der Waals surface area contributed by atoms with Crippen LogP contribution in [0.25, 0.3) is 0 Å². The molecule has 1 heterocycles. The standard InChI is InChI=1S/C14H17ClN4/c15-8-5-6-10(16)9(7-8)13(17)14-18-11-3-1-2-4-12(11)19-14/h5-7,11-12,17H,1-4,16H2,(H,18,19). The zero-order valence-corrected chi connectivity index (χ0v) is 11.4. The molecule has 1 aromatic carbocycles. The van der Waals surface area contributed by atoms with Crippen molar-refractivity contribution in [2.45, 2.75) is 37.8 Å². The second kappa shape index (κ2) is 4.85. The van der Waals surface area contributed by atoms with Gasteiger partial charge in [-0.1, -0.05) is 24.4 Å². The fourth-order valence-electron chi connectivity index (χ4n) is 2.82. The molecule has 1 aliphatic heterocycles. The van der Waals surface area contributed by atoms with Crippen LogP contribution in [0.1, 0.15) is 31.2 Å². The van der Waals surface area contributed by atoms with Gasteiger partial charge in [-0.2, -0.15) is 0 Å². The highest BCUT2D eigenvalue weighted by Crippen LogP contribution is 2.26. The Morgan fingerprint density at radius 2 is 2.16 bits per heavy atom. The Balaban J connectivity index is 1.86. The number of benzene rings is 1. The molecular formula is C14H17ClN4. The van der Waals surface area contributed by atoms with Crippen molar-refractivity contribution in [3.63, 3.8) is 0 Å². The molecule has 0 saturated heterocycles. The van der Waals surface area contributed by atoms with Crippen molar-refractivity contribution in [1.29, 1.82) is 5.41 Å². The van der Waals surface area contributed by atoms with Crippen molar-refractivity contribution in [3.8, 4) is 0 Å². The number of amidine groups is 1. The third-order valence-corrected chi connectivity index (χ3v) is 4.10. The highest BCUT2D eigenvalue weighted by Gasteiger charge is 2.32. The average Bonchev–Trinajstić information content (AvgIpc) is 2.84. The van der Waals surface area contributed by atoms with Crippen molar-refractivity contribution in [2.24, 2.45) is 4.99 Å². The van der Waals surface area contributed by atoms with Gasteiger partial charge in [0.2, 0.25) is 0 Å². The van der Waals surface area contributed by atoms with E-state index in [0.717, 1.165) is 12.8 Å². The predicted molar refractivity (Wildman–Crippen MR) is 79.3 cm³/mol. The van der Waals surface area contributed by atoms with Gasteiger partial charge in [0.1, 0.15) is 11.5 Å². The number of nitrogen functional groups attached to an aromatic ring is 1. The van der Waals surface area contributed by atoms with Crippen molar-refractivity contribution in [1.82, 2.24) is 5.32 Å². The van der Waals surface area contributed by atoms with Gasteiger partial charge in [0.15, 0.2) is 0 Å². The smallest absolute Gasteiger partial charge is 0.147 e. The first-order valence-electron chi connectivity index (χ1n) is 6.64. The molecule has 19 heavy (non-hydrogen) atoms. The summed E-state index contributed by atoms with van der Waals surface area (Å²) in [5.41, 5.74) is 7.48. The Kier molecular flexibility index (Phi) is 3.19. The van der Waals surface area contributed by atoms with Gasteiger partial charge in [0.25, 0.3) is 0 Å². The van der Waals surface area contributed by atoms with Crippen LogP contribution < -0.4 is 11.1 Å². The van der Waals surface area contributed by atoms with Crippen LogP contribution >= 0.6 is 11.6 Å². The molecular weight excluding hydrogens is 260 g/mol. The molecule has 1 saturated carbocycles. The largest absolute Gasteiger partial charge is 0.398 e. The van der Waals surface area contributed by atoms with Gasteiger partial charge < -0.3 is 11.1 Å². The highest BCUT2D eigenvalue weighted by atomic mass is 35.5. The molecule has 1 aliphatic carbocycles. The average molecular weight is 277 g/mol. The number of aliphatic imine (C=N–C) groups is 1. The van der Waals surface area contributed by atoms with Crippen LogP contribution in [0.15, 0.2) is 23.2 Å². The predicted octanol–water partition coefficient (Wildman–Crippen LogP) is 2.60. The van der Waals surface area contributed by atoms with E-state index in [1.54, 1.807) is 18.2 Å². The van der Waals surface area contributed by atoms with E-state index in [1.165, 1.54) is 12.8 Å². The molecule has 1 fully saturated rings. The minimum Gasteiger partial charge on any atom is -0.398 e. The number of nitrogens with two attached hydrogens (primary N) is 1. The van der Waals surface area contributed by atoms with E-state index >= 15 is 0 Å². The summed E-state index contributed by atoms with van der Waals surface area (Å²) >= 11 is 5.98. The number of rotatable bonds is 2. The number of fused-ring (bicyclic) bond motifs is 1. The van der Waals surface area contributed by atoms with Gasteiger partial charge in [-0.05, 0) is 31.0 Å². The van der Waals surface area contributed by atoms with E-state index in [4.69, 9.17) is 22.7 Å². The number of halogens is 1. The SMILES string of the molecule is N=C(C1=NC2CCCCC2N1)c1cc(Cl)ccc1N. The Hall–Kier alpha value is -1.55. The van der Waals surface area contributed by atoms with E-state index in [-0.39, 0.29) is 0 Å². The van der Waals surface area contributed by atoms with E-state index in [9.17, 15) is 0 Å². The molecule has 5 heteroatoms. The third-order valence-electron chi connectivity index (χ3n) is 3.87. The van der Waals surface area contributed by atoms with Crippen LogP contribution in [-0.4, -0.2) is 23.6 Å². The molecule has 2 unspecified atom stereocenters. The lowest BCUT2D eigenvalue weighted by molar-refractivity contribution is 0.385. The lowest BCUT2D eigenvalue weighted by Gasteiger charge is -2.23. The summed E-state index contributed by atoms with van der Waals surface area (Å²) in [6.45, 7) is 0. The van der Waals surface area contributed by atoms with E-state index < -0.39 is 0 Å². The van der Waals surface area contributed by atoms with Crippen molar-refractivity contribution < 1.29 is 0 Å². The number of anilines is 1. The quantitative estimate of drug-likeness (QED) is 0.574. The normalized spacial score (nSPS) is 25.4. The maximum absolute atomic E-state index is 8.28. The summed E-state index contributed by atoms with van der Waals surface area (Å²) in [4.78, 5) is 4.64. The molecule has 100 valence electrons. The number of hydrogen-bond acceptors (Lipinski definition) is 4. The number of nitrogens with one attached hydrogen (secondary N) is 2. The Labute approximate surface area is 117 Å². The molecule has 0 bridgehead atoms. The molecule has 3 rings (SSSR count). The minimum absolute atomic E-state index is 0.324. The molecule has 0 aromatic heterocycles. The number of nitrogens with zero attached hydrogens (tertiary/aromatic N) is 1. The summed E-state index contributed by atoms with van der Waals surface area (Å²) in [5.74, 6) is 0.658. The van der Waals surface area contributed by atoms with Crippen molar-refractivity contribution in [2.75, 3.05) is 5.73 Å². The second-order valence-corrected chi connectivity index (χ2v) is 5.62. The van der Waals surface area contributed by atoms with Crippen LogP contribution in [0.4, 0.5) is 5.69 Å². The molecule has 2 atom stereocenters. The summed E-state index contributed by atoms with van der Waals surface area (Å²) in [6.07, 6.45) is 4.71. The van der Waals surface area contributed by atoms with Crippen LogP contribution in [0.3, 0.4) is 0 Å². The van der Waals surface area contributed by atoms with Crippen LogP contribution in [-0.2, 0) is 0 Å².